The van der Waals surface area contributed by atoms with Crippen LogP contribution in [0.1, 0.15) is 18.5 Å². The molecule has 13 heavy (non-hydrogen) atoms. The SMILES string of the molecule is CC(CN)c1cnc2nnccn12. The average molecular weight is 177 g/mol. The molecule has 68 valence electrons. The van der Waals surface area contributed by atoms with E-state index < -0.39 is 0 Å². The second-order valence-corrected chi connectivity index (χ2v) is 3.00. The van der Waals surface area contributed by atoms with Crippen molar-refractivity contribution in [1.29, 1.82) is 0 Å². The third-order valence-corrected chi connectivity index (χ3v) is 2.09. The van der Waals surface area contributed by atoms with Crippen LogP contribution in [0, 0.1) is 0 Å². The summed E-state index contributed by atoms with van der Waals surface area (Å²) in [6.07, 6.45) is 5.28. The molecule has 0 bridgehead atoms. The van der Waals surface area contributed by atoms with Gasteiger partial charge < -0.3 is 5.73 Å². The lowest BCUT2D eigenvalue weighted by Crippen LogP contribution is -2.11. The van der Waals surface area contributed by atoms with Crippen LogP contribution in [-0.4, -0.2) is 26.1 Å². The molecule has 0 aromatic carbocycles. The fourth-order valence-electron chi connectivity index (χ4n) is 1.26. The van der Waals surface area contributed by atoms with Crippen LogP contribution >= 0.6 is 0 Å². The molecule has 2 N–H and O–H groups in total. The second-order valence-electron chi connectivity index (χ2n) is 3.00. The van der Waals surface area contributed by atoms with Crippen LogP contribution in [-0.2, 0) is 0 Å². The minimum Gasteiger partial charge on any atom is -0.330 e. The third kappa shape index (κ3) is 1.27. The molecule has 0 amide bonds. The second kappa shape index (κ2) is 3.10. The monoisotopic (exact) mass is 177 g/mol. The van der Waals surface area contributed by atoms with Gasteiger partial charge in [-0.3, -0.25) is 4.40 Å². The zero-order valence-corrected chi connectivity index (χ0v) is 7.38. The molecule has 0 aliphatic heterocycles. The van der Waals surface area contributed by atoms with Gasteiger partial charge in [-0.25, -0.2) is 4.98 Å². The number of nitrogens with zero attached hydrogens (tertiary/aromatic N) is 4. The molecule has 2 aromatic rings. The Hall–Kier alpha value is -1.49. The molecular formula is C8H11N5. The van der Waals surface area contributed by atoms with E-state index in [9.17, 15) is 0 Å². The topological polar surface area (TPSA) is 69.1 Å². The van der Waals surface area contributed by atoms with Gasteiger partial charge in [-0.15, -0.1) is 5.10 Å². The molecule has 1 atom stereocenters. The van der Waals surface area contributed by atoms with Crippen molar-refractivity contribution >= 4 is 5.78 Å². The van der Waals surface area contributed by atoms with Crippen LogP contribution in [0.2, 0.25) is 0 Å². The Bertz CT molecular complexity index is 408. The number of hydrogen-bond donors (Lipinski definition) is 1. The van der Waals surface area contributed by atoms with Crippen LogP contribution in [0.3, 0.4) is 0 Å². The van der Waals surface area contributed by atoms with Crippen molar-refractivity contribution in [3.8, 4) is 0 Å². The summed E-state index contributed by atoms with van der Waals surface area (Å²) >= 11 is 0. The average Bonchev–Trinajstić information content (AvgIpc) is 2.60. The van der Waals surface area contributed by atoms with Crippen molar-refractivity contribution < 1.29 is 0 Å². The zero-order valence-electron chi connectivity index (χ0n) is 7.38. The van der Waals surface area contributed by atoms with E-state index in [-0.39, 0.29) is 0 Å². The summed E-state index contributed by atoms with van der Waals surface area (Å²) in [6.45, 7) is 2.67. The standard InChI is InChI=1S/C8H11N5/c1-6(4-9)7-5-10-8-12-11-2-3-13(7)8/h2-3,5-6H,4,9H2,1H3. The number of imidazole rings is 1. The first-order chi connectivity index (χ1) is 6.33. The highest BCUT2D eigenvalue weighted by Crippen LogP contribution is 2.13. The van der Waals surface area contributed by atoms with Crippen LogP contribution in [0.5, 0.6) is 0 Å². The summed E-state index contributed by atoms with van der Waals surface area (Å²) in [5, 5.41) is 7.63. The fraction of sp³-hybridized carbons (Fsp3) is 0.375. The first kappa shape index (κ1) is 8.12. The van der Waals surface area contributed by atoms with Gasteiger partial charge in [-0.05, 0) is 0 Å². The molecule has 0 saturated heterocycles. The molecule has 2 aromatic heterocycles. The Kier molecular flexibility index (Phi) is 1.94. The smallest absolute Gasteiger partial charge is 0.253 e. The Labute approximate surface area is 75.6 Å². The summed E-state index contributed by atoms with van der Waals surface area (Å²) in [5.41, 5.74) is 6.65. The van der Waals surface area contributed by atoms with E-state index in [1.165, 1.54) is 0 Å². The Morgan fingerprint density at radius 1 is 1.62 bits per heavy atom. The van der Waals surface area contributed by atoms with Gasteiger partial charge in [0.25, 0.3) is 5.78 Å². The summed E-state index contributed by atoms with van der Waals surface area (Å²) in [5.74, 6) is 0.914. The van der Waals surface area contributed by atoms with Crippen LogP contribution in [0.4, 0.5) is 0 Å². The molecule has 0 saturated carbocycles. The van der Waals surface area contributed by atoms with Gasteiger partial charge in [0, 0.05) is 24.4 Å². The molecule has 0 aliphatic rings. The maximum atomic E-state index is 5.58. The van der Waals surface area contributed by atoms with Gasteiger partial charge in [0.15, 0.2) is 0 Å². The predicted octanol–water partition coefficient (Wildman–Crippen LogP) is 0.186. The van der Waals surface area contributed by atoms with Crippen molar-refractivity contribution in [2.45, 2.75) is 12.8 Å². The molecule has 0 spiro atoms. The van der Waals surface area contributed by atoms with E-state index in [0.29, 0.717) is 18.2 Å². The molecule has 0 aliphatic carbocycles. The van der Waals surface area contributed by atoms with Crippen molar-refractivity contribution in [2.75, 3.05) is 6.54 Å². The molecule has 0 fully saturated rings. The molecule has 5 heteroatoms. The van der Waals surface area contributed by atoms with Crippen LogP contribution in [0.25, 0.3) is 5.78 Å². The van der Waals surface area contributed by atoms with E-state index in [0.717, 1.165) is 5.69 Å². The zero-order chi connectivity index (χ0) is 9.26. The molecule has 5 nitrogen and oxygen atoms in total. The summed E-state index contributed by atoms with van der Waals surface area (Å²) in [7, 11) is 0. The minimum absolute atomic E-state index is 0.291. The lowest BCUT2D eigenvalue weighted by atomic mass is 10.1. The highest BCUT2D eigenvalue weighted by molar-refractivity contribution is 5.30. The molecule has 0 radical (unpaired) electrons. The predicted molar refractivity (Wildman–Crippen MR) is 48.3 cm³/mol. The molecule has 2 heterocycles. The first-order valence-electron chi connectivity index (χ1n) is 4.17. The number of hydrogen-bond acceptors (Lipinski definition) is 4. The summed E-state index contributed by atoms with van der Waals surface area (Å²) in [4.78, 5) is 4.12. The van der Waals surface area contributed by atoms with Crippen LogP contribution in [0.15, 0.2) is 18.6 Å². The maximum Gasteiger partial charge on any atom is 0.253 e. The molecule has 2 rings (SSSR count). The van der Waals surface area contributed by atoms with Crippen LogP contribution < -0.4 is 5.73 Å². The van der Waals surface area contributed by atoms with Gasteiger partial charge in [0.1, 0.15) is 0 Å². The van der Waals surface area contributed by atoms with Crippen molar-refractivity contribution in [3.63, 3.8) is 0 Å². The van der Waals surface area contributed by atoms with E-state index in [1.807, 2.05) is 10.6 Å². The largest absolute Gasteiger partial charge is 0.330 e. The summed E-state index contributed by atoms with van der Waals surface area (Å²) < 4.78 is 1.91. The highest BCUT2D eigenvalue weighted by Gasteiger charge is 2.09. The van der Waals surface area contributed by atoms with Crippen molar-refractivity contribution in [3.05, 3.63) is 24.3 Å². The first-order valence-corrected chi connectivity index (χ1v) is 4.17. The van der Waals surface area contributed by atoms with Gasteiger partial charge in [0.05, 0.1) is 12.4 Å². The number of rotatable bonds is 2. The quantitative estimate of drug-likeness (QED) is 0.710. The van der Waals surface area contributed by atoms with Gasteiger partial charge >= 0.3 is 0 Å². The normalized spacial score (nSPS) is 13.4. The van der Waals surface area contributed by atoms with Gasteiger partial charge in [-0.1, -0.05) is 6.92 Å². The molecule has 1 unspecified atom stereocenters. The Balaban J connectivity index is 2.57. The van der Waals surface area contributed by atoms with E-state index >= 15 is 0 Å². The van der Waals surface area contributed by atoms with Crippen molar-refractivity contribution in [2.24, 2.45) is 5.73 Å². The molecular weight excluding hydrogens is 166 g/mol. The lowest BCUT2D eigenvalue weighted by Gasteiger charge is -2.06. The Morgan fingerprint density at radius 3 is 3.23 bits per heavy atom. The van der Waals surface area contributed by atoms with Gasteiger partial charge in [-0.2, -0.15) is 5.10 Å². The number of aromatic nitrogens is 4. The van der Waals surface area contributed by atoms with E-state index in [4.69, 9.17) is 5.73 Å². The summed E-state index contributed by atoms with van der Waals surface area (Å²) in [6, 6.07) is 0. The minimum atomic E-state index is 0.291. The number of nitrogens with two attached hydrogens (primary N) is 1. The Morgan fingerprint density at radius 2 is 2.46 bits per heavy atom. The maximum absolute atomic E-state index is 5.58. The van der Waals surface area contributed by atoms with Crippen molar-refractivity contribution in [1.82, 2.24) is 19.6 Å². The fourth-order valence-corrected chi connectivity index (χ4v) is 1.26. The number of fused-ring (bicyclic) bond motifs is 1. The lowest BCUT2D eigenvalue weighted by molar-refractivity contribution is 0.732. The van der Waals surface area contributed by atoms with Gasteiger partial charge in [0.2, 0.25) is 0 Å². The van der Waals surface area contributed by atoms with E-state index in [1.54, 1.807) is 12.4 Å². The third-order valence-electron chi connectivity index (χ3n) is 2.09. The van der Waals surface area contributed by atoms with E-state index in [2.05, 4.69) is 22.1 Å². The highest BCUT2D eigenvalue weighted by atomic mass is 15.2.